The number of aryl methyl sites for hydroxylation is 2. The normalized spacial score (nSPS) is 10.7. The second kappa shape index (κ2) is 6.16. The summed E-state index contributed by atoms with van der Waals surface area (Å²) in [4.78, 5) is 4.08. The molecule has 0 spiro atoms. The first-order valence-corrected chi connectivity index (χ1v) is 6.78. The Balaban J connectivity index is 1.96. The SMILES string of the molecule is COc1cc(CNCc2c(Br)c(C)nn2C)ccn1. The van der Waals surface area contributed by atoms with E-state index < -0.39 is 0 Å². The van der Waals surface area contributed by atoms with Gasteiger partial charge in [-0.15, -0.1) is 0 Å². The highest BCUT2D eigenvalue weighted by Gasteiger charge is 2.09. The molecule has 2 aromatic rings. The van der Waals surface area contributed by atoms with Crippen LogP contribution in [0.5, 0.6) is 5.88 Å². The predicted octanol–water partition coefficient (Wildman–Crippen LogP) is 2.18. The van der Waals surface area contributed by atoms with Crippen LogP contribution in [-0.4, -0.2) is 21.9 Å². The Kier molecular flexibility index (Phi) is 4.55. The van der Waals surface area contributed by atoms with Gasteiger partial charge in [-0.1, -0.05) is 0 Å². The van der Waals surface area contributed by atoms with Gasteiger partial charge < -0.3 is 10.1 Å². The van der Waals surface area contributed by atoms with Crippen molar-refractivity contribution < 1.29 is 4.74 Å². The highest BCUT2D eigenvalue weighted by molar-refractivity contribution is 9.10. The zero-order valence-electron chi connectivity index (χ0n) is 11.3. The standard InChI is InChI=1S/C13H17BrN4O/c1-9-13(14)11(18(2)17-9)8-15-7-10-4-5-16-12(6-10)19-3/h4-6,15H,7-8H2,1-3H3. The Morgan fingerprint density at radius 2 is 2.21 bits per heavy atom. The molecule has 0 saturated heterocycles. The van der Waals surface area contributed by atoms with Crippen molar-refractivity contribution >= 4 is 15.9 Å². The van der Waals surface area contributed by atoms with E-state index in [1.165, 1.54) is 0 Å². The molecule has 0 atom stereocenters. The van der Waals surface area contributed by atoms with E-state index in [1.54, 1.807) is 13.3 Å². The van der Waals surface area contributed by atoms with Crippen LogP contribution in [0, 0.1) is 6.92 Å². The van der Waals surface area contributed by atoms with Crippen molar-refractivity contribution in [3.63, 3.8) is 0 Å². The Labute approximate surface area is 121 Å². The van der Waals surface area contributed by atoms with E-state index in [4.69, 9.17) is 4.74 Å². The molecule has 0 aromatic carbocycles. The third-order valence-electron chi connectivity index (χ3n) is 2.89. The van der Waals surface area contributed by atoms with E-state index in [0.717, 1.165) is 34.5 Å². The van der Waals surface area contributed by atoms with Gasteiger partial charge in [-0.2, -0.15) is 5.10 Å². The van der Waals surface area contributed by atoms with Crippen LogP contribution >= 0.6 is 15.9 Å². The van der Waals surface area contributed by atoms with Crippen molar-refractivity contribution in [3.8, 4) is 5.88 Å². The zero-order chi connectivity index (χ0) is 13.8. The van der Waals surface area contributed by atoms with Crippen molar-refractivity contribution in [1.29, 1.82) is 0 Å². The lowest BCUT2D eigenvalue weighted by atomic mass is 10.2. The molecule has 0 saturated carbocycles. The van der Waals surface area contributed by atoms with Gasteiger partial charge in [0.05, 0.1) is 23.0 Å². The van der Waals surface area contributed by atoms with Crippen LogP contribution in [0.2, 0.25) is 0 Å². The van der Waals surface area contributed by atoms with Crippen molar-refractivity contribution in [3.05, 3.63) is 39.8 Å². The first-order valence-electron chi connectivity index (χ1n) is 5.99. The number of aromatic nitrogens is 3. The summed E-state index contributed by atoms with van der Waals surface area (Å²) < 4.78 is 8.05. The molecule has 5 nitrogen and oxygen atoms in total. The average molecular weight is 325 g/mol. The van der Waals surface area contributed by atoms with E-state index in [-0.39, 0.29) is 0 Å². The van der Waals surface area contributed by atoms with Gasteiger partial charge in [-0.05, 0) is 34.5 Å². The second-order valence-electron chi connectivity index (χ2n) is 4.28. The third kappa shape index (κ3) is 3.33. The lowest BCUT2D eigenvalue weighted by molar-refractivity contribution is 0.397. The molecule has 19 heavy (non-hydrogen) atoms. The summed E-state index contributed by atoms with van der Waals surface area (Å²) in [5.74, 6) is 0.636. The van der Waals surface area contributed by atoms with E-state index in [2.05, 4.69) is 31.3 Å². The average Bonchev–Trinajstić information content (AvgIpc) is 2.65. The number of rotatable bonds is 5. The molecule has 0 aliphatic carbocycles. The van der Waals surface area contributed by atoms with E-state index in [9.17, 15) is 0 Å². The molecule has 102 valence electrons. The molecule has 0 bridgehead atoms. The van der Waals surface area contributed by atoms with Crippen LogP contribution < -0.4 is 10.1 Å². The molecule has 1 N–H and O–H groups in total. The number of methoxy groups -OCH3 is 1. The quantitative estimate of drug-likeness (QED) is 0.916. The molecule has 0 amide bonds. The summed E-state index contributed by atoms with van der Waals surface area (Å²) in [7, 11) is 3.57. The Morgan fingerprint density at radius 3 is 2.84 bits per heavy atom. The van der Waals surface area contributed by atoms with Gasteiger partial charge in [0.2, 0.25) is 5.88 Å². The van der Waals surface area contributed by atoms with E-state index in [0.29, 0.717) is 5.88 Å². The number of nitrogens with one attached hydrogen (secondary N) is 1. The number of hydrogen-bond donors (Lipinski definition) is 1. The summed E-state index contributed by atoms with van der Waals surface area (Å²) in [5.41, 5.74) is 3.28. The van der Waals surface area contributed by atoms with Crippen molar-refractivity contribution in [2.75, 3.05) is 7.11 Å². The lowest BCUT2D eigenvalue weighted by Gasteiger charge is -2.07. The first kappa shape index (κ1) is 14.0. The fourth-order valence-electron chi connectivity index (χ4n) is 1.87. The molecule has 0 unspecified atom stereocenters. The maximum absolute atomic E-state index is 5.10. The summed E-state index contributed by atoms with van der Waals surface area (Å²) >= 11 is 3.56. The topological polar surface area (TPSA) is 52.0 Å². The van der Waals surface area contributed by atoms with E-state index in [1.807, 2.05) is 30.8 Å². The molecule has 6 heteroatoms. The van der Waals surface area contributed by atoms with Gasteiger partial charge in [0.25, 0.3) is 0 Å². The van der Waals surface area contributed by atoms with Crippen LogP contribution in [0.1, 0.15) is 17.0 Å². The Hall–Kier alpha value is -1.40. The molecule has 0 fully saturated rings. The van der Waals surface area contributed by atoms with Crippen LogP contribution in [0.15, 0.2) is 22.8 Å². The summed E-state index contributed by atoms with van der Waals surface area (Å²) in [5, 5.41) is 7.75. The van der Waals surface area contributed by atoms with Gasteiger partial charge in [0, 0.05) is 32.4 Å². The molecule has 2 rings (SSSR count). The molecule has 0 aliphatic rings. The molecule has 0 aliphatic heterocycles. The molecule has 2 aromatic heterocycles. The summed E-state index contributed by atoms with van der Waals surface area (Å²) in [6.07, 6.45) is 1.75. The zero-order valence-corrected chi connectivity index (χ0v) is 12.9. The minimum Gasteiger partial charge on any atom is -0.481 e. The van der Waals surface area contributed by atoms with E-state index >= 15 is 0 Å². The molecular formula is C13H17BrN4O. The van der Waals surface area contributed by atoms with Gasteiger partial charge in [0.1, 0.15) is 0 Å². The summed E-state index contributed by atoms with van der Waals surface area (Å²) in [6, 6.07) is 3.90. The third-order valence-corrected chi connectivity index (χ3v) is 3.92. The van der Waals surface area contributed by atoms with Crippen molar-refractivity contribution in [2.24, 2.45) is 7.05 Å². The molecular weight excluding hydrogens is 308 g/mol. The first-order chi connectivity index (χ1) is 9.11. The minimum absolute atomic E-state index is 0.636. The second-order valence-corrected chi connectivity index (χ2v) is 5.07. The monoisotopic (exact) mass is 324 g/mol. The van der Waals surface area contributed by atoms with Gasteiger partial charge >= 0.3 is 0 Å². The maximum atomic E-state index is 5.10. The highest BCUT2D eigenvalue weighted by Crippen LogP contribution is 2.20. The van der Waals surface area contributed by atoms with Crippen molar-refractivity contribution in [1.82, 2.24) is 20.1 Å². The summed E-state index contributed by atoms with van der Waals surface area (Å²) in [6.45, 7) is 3.50. The predicted molar refractivity (Wildman–Crippen MR) is 77.0 cm³/mol. The van der Waals surface area contributed by atoms with Gasteiger partial charge in [-0.3, -0.25) is 4.68 Å². The number of ether oxygens (including phenoxy) is 1. The number of nitrogens with zero attached hydrogens (tertiary/aromatic N) is 3. The van der Waals surface area contributed by atoms with Gasteiger partial charge in [-0.25, -0.2) is 4.98 Å². The number of pyridine rings is 1. The van der Waals surface area contributed by atoms with Crippen LogP contribution in [0.4, 0.5) is 0 Å². The van der Waals surface area contributed by atoms with Crippen LogP contribution in [0.25, 0.3) is 0 Å². The highest BCUT2D eigenvalue weighted by atomic mass is 79.9. The fourth-order valence-corrected chi connectivity index (χ4v) is 2.35. The smallest absolute Gasteiger partial charge is 0.213 e. The fraction of sp³-hybridized carbons (Fsp3) is 0.385. The van der Waals surface area contributed by atoms with Crippen LogP contribution in [-0.2, 0) is 20.1 Å². The van der Waals surface area contributed by atoms with Crippen molar-refractivity contribution in [2.45, 2.75) is 20.0 Å². The molecule has 0 radical (unpaired) electrons. The largest absolute Gasteiger partial charge is 0.481 e. The minimum atomic E-state index is 0.636. The maximum Gasteiger partial charge on any atom is 0.213 e. The number of hydrogen-bond acceptors (Lipinski definition) is 4. The van der Waals surface area contributed by atoms with Gasteiger partial charge in [0.15, 0.2) is 0 Å². The molecule has 2 heterocycles. The Bertz CT molecular complexity index is 568. The lowest BCUT2D eigenvalue weighted by Crippen LogP contribution is -2.15. The number of halogens is 1. The Morgan fingerprint density at radius 1 is 1.42 bits per heavy atom. The van der Waals surface area contributed by atoms with Crippen LogP contribution in [0.3, 0.4) is 0 Å².